The molecule has 5 heteroatoms. The van der Waals surface area contributed by atoms with Crippen LogP contribution in [0.15, 0.2) is 36.5 Å². The molecule has 0 spiro atoms. The molecule has 0 atom stereocenters. The van der Waals surface area contributed by atoms with Gasteiger partial charge in [-0.3, -0.25) is 4.79 Å². The summed E-state index contributed by atoms with van der Waals surface area (Å²) < 4.78 is 11.1. The first-order chi connectivity index (χ1) is 11.6. The first-order valence-corrected chi connectivity index (χ1v) is 8.13. The summed E-state index contributed by atoms with van der Waals surface area (Å²) >= 11 is 0. The van der Waals surface area contributed by atoms with E-state index in [4.69, 9.17) is 9.47 Å². The van der Waals surface area contributed by atoms with E-state index in [2.05, 4.69) is 16.4 Å². The molecule has 0 saturated heterocycles. The summed E-state index contributed by atoms with van der Waals surface area (Å²) in [5.74, 6) is 1.32. The molecule has 1 amide bonds. The van der Waals surface area contributed by atoms with Crippen LogP contribution in [0, 0.1) is 13.8 Å². The van der Waals surface area contributed by atoms with Crippen LogP contribution in [0.25, 0.3) is 0 Å². The zero-order chi connectivity index (χ0) is 17.4. The number of hydrogen-bond donors (Lipinski definition) is 1. The molecule has 1 N–H and O–H groups in total. The number of pyridine rings is 1. The van der Waals surface area contributed by atoms with Gasteiger partial charge in [0.25, 0.3) is 0 Å². The van der Waals surface area contributed by atoms with Crippen LogP contribution < -0.4 is 14.8 Å². The molecule has 0 unspecified atom stereocenters. The number of carbonyl (C=O) groups is 1. The van der Waals surface area contributed by atoms with E-state index in [1.54, 1.807) is 6.20 Å². The van der Waals surface area contributed by atoms with Gasteiger partial charge in [0.15, 0.2) is 0 Å². The number of aromatic nitrogens is 1. The molecule has 24 heavy (non-hydrogen) atoms. The van der Waals surface area contributed by atoms with Gasteiger partial charge in [0, 0.05) is 18.3 Å². The highest BCUT2D eigenvalue weighted by molar-refractivity contribution is 5.76. The van der Waals surface area contributed by atoms with Gasteiger partial charge in [-0.2, -0.15) is 0 Å². The van der Waals surface area contributed by atoms with Crippen LogP contribution in [0.4, 0.5) is 0 Å². The van der Waals surface area contributed by atoms with Crippen molar-refractivity contribution >= 4 is 5.91 Å². The van der Waals surface area contributed by atoms with E-state index in [-0.39, 0.29) is 5.91 Å². The Morgan fingerprint density at radius 3 is 2.79 bits per heavy atom. The minimum absolute atomic E-state index is 0.0638. The molecule has 1 heterocycles. The van der Waals surface area contributed by atoms with Crippen LogP contribution >= 0.6 is 0 Å². The van der Waals surface area contributed by atoms with Crippen LogP contribution in [0.2, 0.25) is 0 Å². The largest absolute Gasteiger partial charge is 0.493 e. The van der Waals surface area contributed by atoms with E-state index in [1.807, 2.05) is 45.0 Å². The average Bonchev–Trinajstić information content (AvgIpc) is 2.56. The lowest BCUT2D eigenvalue weighted by Crippen LogP contribution is -2.24. The first-order valence-electron chi connectivity index (χ1n) is 8.13. The van der Waals surface area contributed by atoms with Crippen molar-refractivity contribution in [3.05, 3.63) is 53.2 Å². The highest BCUT2D eigenvalue weighted by Crippen LogP contribution is 2.18. The number of nitrogens with zero attached hydrogens (tertiary/aromatic N) is 1. The van der Waals surface area contributed by atoms with Crippen molar-refractivity contribution in [2.24, 2.45) is 0 Å². The van der Waals surface area contributed by atoms with Crippen LogP contribution in [-0.4, -0.2) is 24.1 Å². The van der Waals surface area contributed by atoms with Gasteiger partial charge in [0.2, 0.25) is 11.8 Å². The van der Waals surface area contributed by atoms with Gasteiger partial charge in [0.05, 0.1) is 19.6 Å². The topological polar surface area (TPSA) is 60.5 Å². The van der Waals surface area contributed by atoms with Crippen molar-refractivity contribution in [2.75, 3.05) is 13.2 Å². The lowest BCUT2D eigenvalue weighted by atomic mass is 10.1. The van der Waals surface area contributed by atoms with Gasteiger partial charge in [-0.25, -0.2) is 4.98 Å². The lowest BCUT2D eigenvalue weighted by Gasteiger charge is -2.11. The van der Waals surface area contributed by atoms with E-state index >= 15 is 0 Å². The molecule has 0 radical (unpaired) electrons. The van der Waals surface area contributed by atoms with E-state index in [1.165, 1.54) is 5.56 Å². The molecule has 0 fully saturated rings. The summed E-state index contributed by atoms with van der Waals surface area (Å²) in [4.78, 5) is 16.1. The Kier molecular flexibility index (Phi) is 6.61. The summed E-state index contributed by atoms with van der Waals surface area (Å²) in [6.45, 7) is 7.23. The molecule has 0 aliphatic rings. The molecule has 0 saturated carbocycles. The predicted octanol–water partition coefficient (Wildman–Crippen LogP) is 3.18. The van der Waals surface area contributed by atoms with Gasteiger partial charge in [-0.05, 0) is 38.5 Å². The third-order valence-corrected chi connectivity index (χ3v) is 3.52. The average molecular weight is 328 g/mol. The molecule has 5 nitrogen and oxygen atoms in total. The van der Waals surface area contributed by atoms with E-state index < -0.39 is 0 Å². The molecule has 1 aromatic heterocycles. The highest BCUT2D eigenvalue weighted by atomic mass is 16.5. The van der Waals surface area contributed by atoms with E-state index in [0.29, 0.717) is 32.1 Å². The van der Waals surface area contributed by atoms with Crippen LogP contribution in [0.5, 0.6) is 11.6 Å². The maximum Gasteiger partial charge on any atom is 0.223 e. The van der Waals surface area contributed by atoms with Crippen LogP contribution in [0.1, 0.15) is 30.0 Å². The third-order valence-electron chi connectivity index (χ3n) is 3.52. The number of rotatable bonds is 8. The normalized spacial score (nSPS) is 10.3. The van der Waals surface area contributed by atoms with Gasteiger partial charge >= 0.3 is 0 Å². The number of ether oxygens (including phenoxy) is 2. The monoisotopic (exact) mass is 328 g/mol. The van der Waals surface area contributed by atoms with Gasteiger partial charge in [-0.15, -0.1) is 0 Å². The highest BCUT2D eigenvalue weighted by Gasteiger charge is 2.07. The second kappa shape index (κ2) is 8.91. The molecule has 0 aliphatic heterocycles. The molecule has 2 rings (SSSR count). The number of amides is 1. The minimum Gasteiger partial charge on any atom is -0.493 e. The van der Waals surface area contributed by atoms with Gasteiger partial charge < -0.3 is 14.8 Å². The lowest BCUT2D eigenvalue weighted by molar-refractivity contribution is -0.121. The predicted molar refractivity (Wildman–Crippen MR) is 93.3 cm³/mol. The Balaban J connectivity index is 1.77. The van der Waals surface area contributed by atoms with Crippen molar-refractivity contribution in [2.45, 2.75) is 33.7 Å². The molecular weight excluding hydrogens is 304 g/mol. The van der Waals surface area contributed by atoms with Crippen molar-refractivity contribution < 1.29 is 14.3 Å². The summed E-state index contributed by atoms with van der Waals surface area (Å²) in [7, 11) is 0. The van der Waals surface area contributed by atoms with Gasteiger partial charge in [0.1, 0.15) is 5.75 Å². The number of carbonyl (C=O) groups excluding carboxylic acids is 1. The second-order valence-electron chi connectivity index (χ2n) is 5.54. The van der Waals surface area contributed by atoms with Crippen LogP contribution in [-0.2, 0) is 11.3 Å². The molecule has 0 aliphatic carbocycles. The summed E-state index contributed by atoms with van der Waals surface area (Å²) in [6.07, 6.45) is 1.98. The van der Waals surface area contributed by atoms with Gasteiger partial charge in [-0.1, -0.05) is 23.8 Å². The Morgan fingerprint density at radius 1 is 1.21 bits per heavy atom. The molecule has 0 bridgehead atoms. The SMILES string of the molecule is CCOc1ncccc1CNC(=O)CCOc1ccc(C)cc1C. The fraction of sp³-hybridized carbons (Fsp3) is 0.368. The molecular formula is C19H24N2O3. The van der Waals surface area contributed by atoms with Crippen molar-refractivity contribution in [1.29, 1.82) is 0 Å². The van der Waals surface area contributed by atoms with Crippen molar-refractivity contribution in [3.8, 4) is 11.6 Å². The minimum atomic E-state index is -0.0638. The Hall–Kier alpha value is -2.56. The maximum atomic E-state index is 12.0. The maximum absolute atomic E-state index is 12.0. The number of hydrogen-bond acceptors (Lipinski definition) is 4. The zero-order valence-corrected chi connectivity index (χ0v) is 14.5. The summed E-state index contributed by atoms with van der Waals surface area (Å²) in [6, 6.07) is 9.72. The summed E-state index contributed by atoms with van der Waals surface area (Å²) in [5.41, 5.74) is 3.13. The zero-order valence-electron chi connectivity index (χ0n) is 14.5. The number of aryl methyl sites for hydroxylation is 2. The number of benzene rings is 1. The Labute approximate surface area is 143 Å². The fourth-order valence-corrected chi connectivity index (χ4v) is 2.32. The molecule has 2 aromatic rings. The van der Waals surface area contributed by atoms with E-state index in [0.717, 1.165) is 16.9 Å². The van der Waals surface area contributed by atoms with Crippen molar-refractivity contribution in [1.82, 2.24) is 10.3 Å². The first kappa shape index (κ1) is 17.8. The standard InChI is InChI=1S/C19H24N2O3/c1-4-23-19-16(6-5-10-20-19)13-21-18(22)9-11-24-17-8-7-14(2)12-15(17)3/h5-8,10,12H,4,9,11,13H2,1-3H3,(H,21,22). The third kappa shape index (κ3) is 5.26. The Morgan fingerprint density at radius 2 is 2.04 bits per heavy atom. The van der Waals surface area contributed by atoms with Crippen molar-refractivity contribution in [3.63, 3.8) is 0 Å². The molecule has 1 aromatic carbocycles. The quantitative estimate of drug-likeness (QED) is 0.808. The van der Waals surface area contributed by atoms with Crippen LogP contribution in [0.3, 0.4) is 0 Å². The fourth-order valence-electron chi connectivity index (χ4n) is 2.32. The Bertz CT molecular complexity index is 686. The smallest absolute Gasteiger partial charge is 0.223 e. The number of nitrogens with one attached hydrogen (secondary N) is 1. The van der Waals surface area contributed by atoms with E-state index in [9.17, 15) is 4.79 Å². The molecule has 128 valence electrons. The summed E-state index contributed by atoms with van der Waals surface area (Å²) in [5, 5.41) is 2.87. The second-order valence-corrected chi connectivity index (χ2v) is 5.54.